The van der Waals surface area contributed by atoms with Crippen LogP contribution in [0.3, 0.4) is 0 Å². The predicted molar refractivity (Wildman–Crippen MR) is 29.3 cm³/mol. The topological polar surface area (TPSA) is 12.0 Å². The Morgan fingerprint density at radius 2 is 1.83 bits per heavy atom. The van der Waals surface area contributed by atoms with E-state index in [9.17, 15) is 0 Å². The van der Waals surface area contributed by atoms with Crippen LogP contribution in [0, 0.1) is 5.92 Å². The van der Waals surface area contributed by atoms with Gasteiger partial charge in [0.05, 0.1) is 0 Å². The molecule has 0 aliphatic carbocycles. The fourth-order valence-corrected chi connectivity index (χ4v) is 0.433. The molecule has 1 aliphatic heterocycles. The summed E-state index contributed by atoms with van der Waals surface area (Å²) in [5, 5.41) is 3.16. The van der Waals surface area contributed by atoms with Gasteiger partial charge in [0.2, 0.25) is 0 Å². The van der Waals surface area contributed by atoms with Gasteiger partial charge in [0.25, 0.3) is 0 Å². The Hall–Kier alpha value is 0.250. The highest BCUT2D eigenvalue weighted by atomic mass is 35.5. The number of hydrogen-bond acceptors (Lipinski definition) is 1. The molecule has 0 spiro atoms. The molecule has 0 saturated carbocycles. The molecule has 1 rings (SSSR count). The van der Waals surface area contributed by atoms with Crippen molar-refractivity contribution >= 4 is 12.4 Å². The van der Waals surface area contributed by atoms with Gasteiger partial charge in [-0.1, -0.05) is 6.92 Å². The number of halogens is 1. The van der Waals surface area contributed by atoms with Crippen molar-refractivity contribution < 1.29 is 0 Å². The number of rotatable bonds is 0. The summed E-state index contributed by atoms with van der Waals surface area (Å²) in [6.45, 7) is 4.72. The van der Waals surface area contributed by atoms with Crippen molar-refractivity contribution in [1.29, 1.82) is 0 Å². The summed E-state index contributed by atoms with van der Waals surface area (Å²) in [5.74, 6) is 0.954. The molecule has 2 heteroatoms. The van der Waals surface area contributed by atoms with Crippen LogP contribution in [0.1, 0.15) is 6.92 Å². The highest BCUT2D eigenvalue weighted by molar-refractivity contribution is 5.85. The minimum Gasteiger partial charge on any atom is -0.316 e. The Morgan fingerprint density at radius 1 is 1.50 bits per heavy atom. The largest absolute Gasteiger partial charge is 0.316 e. The first-order valence-corrected chi connectivity index (χ1v) is 2.10. The molecule has 0 amide bonds. The van der Waals surface area contributed by atoms with Crippen molar-refractivity contribution in [2.75, 3.05) is 13.1 Å². The first-order valence-electron chi connectivity index (χ1n) is 2.10. The average Bonchev–Trinajstić information content (AvgIpc) is 1.30. The number of hydrogen-bond donors (Lipinski definition) is 1. The van der Waals surface area contributed by atoms with Gasteiger partial charge < -0.3 is 5.32 Å². The van der Waals surface area contributed by atoms with Gasteiger partial charge in [-0.25, -0.2) is 0 Å². The monoisotopic (exact) mass is 107 g/mol. The number of nitrogens with one attached hydrogen (secondary N) is 1. The summed E-state index contributed by atoms with van der Waals surface area (Å²) >= 11 is 0. The molecule has 0 aromatic heterocycles. The van der Waals surface area contributed by atoms with Gasteiger partial charge in [-0.2, -0.15) is 0 Å². The van der Waals surface area contributed by atoms with Crippen molar-refractivity contribution in [2.24, 2.45) is 5.92 Å². The maximum absolute atomic E-state index is 3.16. The second kappa shape index (κ2) is 2.43. The van der Waals surface area contributed by atoms with E-state index in [0.29, 0.717) is 0 Å². The van der Waals surface area contributed by atoms with Crippen molar-refractivity contribution in [3.8, 4) is 0 Å². The van der Waals surface area contributed by atoms with Crippen LogP contribution >= 0.6 is 12.4 Å². The van der Waals surface area contributed by atoms with E-state index in [0.717, 1.165) is 5.92 Å². The lowest BCUT2D eigenvalue weighted by Crippen LogP contribution is -2.39. The fourth-order valence-electron chi connectivity index (χ4n) is 0.433. The van der Waals surface area contributed by atoms with Crippen LogP contribution in [0.2, 0.25) is 0 Å². The van der Waals surface area contributed by atoms with Gasteiger partial charge in [0.1, 0.15) is 0 Å². The molecule has 1 nitrogen and oxygen atoms in total. The Balaban J connectivity index is 0.000000250. The zero-order valence-corrected chi connectivity index (χ0v) is 4.72. The molecule has 1 N–H and O–H groups in total. The van der Waals surface area contributed by atoms with E-state index in [1.165, 1.54) is 13.1 Å². The smallest absolute Gasteiger partial charge is 0.00109 e. The van der Waals surface area contributed by atoms with Gasteiger partial charge in [-0.3, -0.25) is 0 Å². The first-order chi connectivity index (χ1) is 2.39. The third-order valence-corrected chi connectivity index (χ3v) is 0.986. The summed E-state index contributed by atoms with van der Waals surface area (Å²) in [6.07, 6.45) is 0. The lowest BCUT2D eigenvalue weighted by Gasteiger charge is -2.21. The Labute approximate surface area is 44.5 Å². The highest BCUT2D eigenvalue weighted by Crippen LogP contribution is 1.96. The van der Waals surface area contributed by atoms with E-state index >= 15 is 0 Å². The molecule has 0 aromatic carbocycles. The lowest BCUT2D eigenvalue weighted by atomic mass is 10.1. The van der Waals surface area contributed by atoms with E-state index in [2.05, 4.69) is 12.2 Å². The SMILES string of the molecule is CC1CNC1.Cl. The first kappa shape index (κ1) is 6.25. The van der Waals surface area contributed by atoms with E-state index in [-0.39, 0.29) is 12.4 Å². The third-order valence-electron chi connectivity index (χ3n) is 0.986. The molecule has 1 heterocycles. The van der Waals surface area contributed by atoms with Crippen LogP contribution in [0.15, 0.2) is 0 Å². The van der Waals surface area contributed by atoms with Crippen LogP contribution in [-0.4, -0.2) is 13.1 Å². The minimum absolute atomic E-state index is 0. The van der Waals surface area contributed by atoms with E-state index in [1.807, 2.05) is 0 Å². The van der Waals surface area contributed by atoms with Crippen molar-refractivity contribution in [2.45, 2.75) is 6.92 Å². The molecule has 6 heavy (non-hydrogen) atoms. The summed E-state index contributed by atoms with van der Waals surface area (Å²) in [6, 6.07) is 0. The lowest BCUT2D eigenvalue weighted by molar-refractivity contribution is 0.379. The third kappa shape index (κ3) is 1.15. The van der Waals surface area contributed by atoms with Crippen LogP contribution in [0.25, 0.3) is 0 Å². The summed E-state index contributed by atoms with van der Waals surface area (Å²) in [5.41, 5.74) is 0. The zero-order chi connectivity index (χ0) is 3.70. The Bertz CT molecular complexity index is 34.5. The van der Waals surface area contributed by atoms with Crippen LogP contribution < -0.4 is 5.32 Å². The molecule has 0 radical (unpaired) electrons. The van der Waals surface area contributed by atoms with Crippen LogP contribution in [-0.2, 0) is 0 Å². The van der Waals surface area contributed by atoms with Crippen molar-refractivity contribution in [3.05, 3.63) is 0 Å². The molecule has 0 aromatic rings. The van der Waals surface area contributed by atoms with E-state index < -0.39 is 0 Å². The van der Waals surface area contributed by atoms with E-state index in [1.54, 1.807) is 0 Å². The quantitative estimate of drug-likeness (QED) is 0.479. The fraction of sp³-hybridized carbons (Fsp3) is 1.00. The molecular formula is C4H10ClN. The van der Waals surface area contributed by atoms with Gasteiger partial charge in [0, 0.05) is 0 Å². The molecule has 1 fully saturated rings. The predicted octanol–water partition coefficient (Wildman–Crippen LogP) is 0.647. The molecular weight excluding hydrogens is 97.5 g/mol. The van der Waals surface area contributed by atoms with Gasteiger partial charge in [-0.05, 0) is 19.0 Å². The van der Waals surface area contributed by atoms with E-state index in [4.69, 9.17) is 0 Å². The van der Waals surface area contributed by atoms with Crippen molar-refractivity contribution in [1.82, 2.24) is 5.32 Å². The molecule has 1 aliphatic rings. The zero-order valence-electron chi connectivity index (χ0n) is 3.90. The van der Waals surface area contributed by atoms with Crippen molar-refractivity contribution in [3.63, 3.8) is 0 Å². The average molecular weight is 108 g/mol. The molecule has 0 atom stereocenters. The van der Waals surface area contributed by atoms with Gasteiger partial charge in [-0.15, -0.1) is 12.4 Å². The maximum atomic E-state index is 3.16. The summed E-state index contributed by atoms with van der Waals surface area (Å²) in [7, 11) is 0. The molecule has 1 saturated heterocycles. The molecule has 0 unspecified atom stereocenters. The van der Waals surface area contributed by atoms with Crippen LogP contribution in [0.4, 0.5) is 0 Å². The van der Waals surface area contributed by atoms with Gasteiger partial charge >= 0.3 is 0 Å². The standard InChI is InChI=1S/C4H9N.ClH/c1-4-2-5-3-4;/h4-5H,2-3H2,1H3;1H. The Morgan fingerprint density at radius 3 is 1.83 bits per heavy atom. The summed E-state index contributed by atoms with van der Waals surface area (Å²) in [4.78, 5) is 0. The van der Waals surface area contributed by atoms with Gasteiger partial charge in [0.15, 0.2) is 0 Å². The molecule has 0 bridgehead atoms. The second-order valence-electron chi connectivity index (χ2n) is 1.76. The summed E-state index contributed by atoms with van der Waals surface area (Å²) < 4.78 is 0. The minimum atomic E-state index is 0. The Kier molecular flexibility index (Phi) is 2.53. The highest BCUT2D eigenvalue weighted by Gasteiger charge is 2.07. The molecule has 38 valence electrons. The maximum Gasteiger partial charge on any atom is -0.00109 e. The van der Waals surface area contributed by atoms with Crippen LogP contribution in [0.5, 0.6) is 0 Å². The second-order valence-corrected chi connectivity index (χ2v) is 1.76. The normalized spacial score (nSPS) is 21.5.